The maximum absolute atomic E-state index is 14.5. The Morgan fingerprint density at radius 3 is 2.83 bits per heavy atom. The van der Waals surface area contributed by atoms with E-state index in [2.05, 4.69) is 49.4 Å². The number of rotatable bonds is 7. The molecule has 0 aliphatic heterocycles. The topological polar surface area (TPSA) is 101 Å². The van der Waals surface area contributed by atoms with Gasteiger partial charge in [0.05, 0.1) is 28.4 Å². The number of nitrogens with zero attached hydrogens (tertiary/aromatic N) is 5. The molecule has 0 saturated carbocycles. The lowest BCUT2D eigenvalue weighted by Crippen LogP contribution is -2.21. The van der Waals surface area contributed by atoms with Gasteiger partial charge in [-0.25, -0.2) is 9.37 Å². The molecule has 1 aromatic carbocycles. The number of carbonyl (C=O) groups is 1. The molecule has 152 valence electrons. The molecule has 2 heterocycles. The lowest BCUT2D eigenvalue weighted by atomic mass is 10.2. The fourth-order valence-electron chi connectivity index (χ4n) is 3.18. The minimum absolute atomic E-state index is 0.119. The molecule has 2 aromatic heterocycles. The molecule has 2 N–H and O–H groups in total. The molecule has 0 spiro atoms. The highest BCUT2D eigenvalue weighted by Crippen LogP contribution is 2.27. The SMILES string of the molecule is CCn1nc(C)c(F)c1C(=O)Nc1nc2cc(C#N)cc(I)c2n1CCCNC. The van der Waals surface area contributed by atoms with Crippen LogP contribution in [-0.4, -0.2) is 38.8 Å². The van der Waals surface area contributed by atoms with Gasteiger partial charge in [-0.3, -0.25) is 14.8 Å². The molecule has 0 saturated heterocycles. The summed E-state index contributed by atoms with van der Waals surface area (Å²) in [4.78, 5) is 17.4. The zero-order valence-electron chi connectivity index (χ0n) is 16.4. The van der Waals surface area contributed by atoms with Gasteiger partial charge in [-0.2, -0.15) is 10.4 Å². The van der Waals surface area contributed by atoms with Gasteiger partial charge < -0.3 is 9.88 Å². The molecule has 29 heavy (non-hydrogen) atoms. The Morgan fingerprint density at radius 1 is 1.41 bits per heavy atom. The largest absolute Gasteiger partial charge is 0.320 e. The Morgan fingerprint density at radius 2 is 2.17 bits per heavy atom. The molecule has 0 bridgehead atoms. The summed E-state index contributed by atoms with van der Waals surface area (Å²) in [6.45, 7) is 5.08. The molecule has 3 rings (SSSR count). The van der Waals surface area contributed by atoms with E-state index >= 15 is 0 Å². The number of fused-ring (bicyclic) bond motifs is 1. The van der Waals surface area contributed by atoms with E-state index in [0.29, 0.717) is 30.1 Å². The van der Waals surface area contributed by atoms with Crippen LogP contribution in [0, 0.1) is 27.6 Å². The third kappa shape index (κ3) is 4.11. The lowest BCUT2D eigenvalue weighted by Gasteiger charge is -2.11. The molecule has 10 heteroatoms. The van der Waals surface area contributed by atoms with E-state index in [-0.39, 0.29) is 11.4 Å². The van der Waals surface area contributed by atoms with Crippen molar-refractivity contribution >= 4 is 45.5 Å². The number of nitriles is 1. The number of halogens is 2. The van der Waals surface area contributed by atoms with Gasteiger partial charge in [0.15, 0.2) is 11.5 Å². The number of carbonyl (C=O) groups excluding carboxylic acids is 1. The van der Waals surface area contributed by atoms with Crippen LogP contribution in [0.1, 0.15) is 35.1 Å². The fraction of sp³-hybridized carbons (Fsp3) is 0.368. The van der Waals surface area contributed by atoms with Gasteiger partial charge in [-0.05, 0) is 68.6 Å². The first kappa shape index (κ1) is 21.2. The van der Waals surface area contributed by atoms with Crippen LogP contribution in [0.2, 0.25) is 0 Å². The number of aromatic nitrogens is 4. The third-order valence-electron chi connectivity index (χ3n) is 4.53. The maximum atomic E-state index is 14.5. The second-order valence-electron chi connectivity index (χ2n) is 6.50. The second kappa shape index (κ2) is 8.87. The molecule has 0 radical (unpaired) electrons. The van der Waals surface area contributed by atoms with Crippen LogP contribution in [-0.2, 0) is 13.1 Å². The zero-order chi connectivity index (χ0) is 21.1. The Labute approximate surface area is 181 Å². The summed E-state index contributed by atoms with van der Waals surface area (Å²) >= 11 is 2.16. The highest BCUT2D eigenvalue weighted by Gasteiger charge is 2.24. The number of hydrogen-bond acceptors (Lipinski definition) is 5. The van der Waals surface area contributed by atoms with Gasteiger partial charge in [0.2, 0.25) is 5.95 Å². The summed E-state index contributed by atoms with van der Waals surface area (Å²) in [5, 5.41) is 19.1. The number of anilines is 1. The predicted octanol–water partition coefficient (Wildman–Crippen LogP) is 3.04. The van der Waals surface area contributed by atoms with E-state index in [1.165, 1.54) is 11.6 Å². The van der Waals surface area contributed by atoms with Crippen molar-refractivity contribution < 1.29 is 9.18 Å². The van der Waals surface area contributed by atoms with E-state index in [1.54, 1.807) is 19.1 Å². The van der Waals surface area contributed by atoms with E-state index in [0.717, 1.165) is 22.1 Å². The van der Waals surface area contributed by atoms with Gasteiger partial charge in [0.25, 0.3) is 5.91 Å². The molecular formula is C19H21FIN7O. The minimum Gasteiger partial charge on any atom is -0.320 e. The average Bonchev–Trinajstić information content (AvgIpc) is 3.18. The summed E-state index contributed by atoms with van der Waals surface area (Å²) in [5.41, 5.74) is 1.98. The average molecular weight is 509 g/mol. The van der Waals surface area contributed by atoms with Gasteiger partial charge in [-0.1, -0.05) is 0 Å². The van der Waals surface area contributed by atoms with Crippen molar-refractivity contribution in [2.75, 3.05) is 18.9 Å². The third-order valence-corrected chi connectivity index (χ3v) is 5.35. The van der Waals surface area contributed by atoms with Crippen LogP contribution in [0.4, 0.5) is 10.3 Å². The van der Waals surface area contributed by atoms with Crippen molar-refractivity contribution in [2.24, 2.45) is 0 Å². The zero-order valence-corrected chi connectivity index (χ0v) is 18.5. The van der Waals surface area contributed by atoms with E-state index in [4.69, 9.17) is 0 Å². The molecule has 1 amide bonds. The standard InChI is InChI=1S/C19H21FIN7O/c1-4-28-17(15(20)11(2)26-28)18(29)25-19-24-14-9-12(10-22)8-13(21)16(14)27(19)7-5-6-23-3/h8-9,23H,4-7H2,1-3H3,(H,24,25,29). The number of hydrogen-bond donors (Lipinski definition) is 2. The Bertz CT molecular complexity index is 1110. The number of nitrogens with one attached hydrogen (secondary N) is 2. The van der Waals surface area contributed by atoms with Gasteiger partial charge in [0, 0.05) is 16.7 Å². The molecular weight excluding hydrogens is 488 g/mol. The lowest BCUT2D eigenvalue weighted by molar-refractivity contribution is 0.101. The number of imidazole rings is 1. The first-order valence-corrected chi connectivity index (χ1v) is 10.3. The summed E-state index contributed by atoms with van der Waals surface area (Å²) < 4.78 is 18.6. The van der Waals surface area contributed by atoms with Crippen molar-refractivity contribution in [3.05, 3.63) is 38.5 Å². The fourth-order valence-corrected chi connectivity index (χ4v) is 4.08. The van der Waals surface area contributed by atoms with Gasteiger partial charge in [0.1, 0.15) is 0 Å². The summed E-state index contributed by atoms with van der Waals surface area (Å²) in [5.74, 6) is -0.927. The van der Waals surface area contributed by atoms with Crippen molar-refractivity contribution in [2.45, 2.75) is 33.4 Å². The van der Waals surface area contributed by atoms with Crippen LogP contribution < -0.4 is 10.6 Å². The number of amides is 1. The number of aryl methyl sites for hydroxylation is 3. The highest BCUT2D eigenvalue weighted by atomic mass is 127. The van der Waals surface area contributed by atoms with E-state index in [1.807, 2.05) is 11.6 Å². The van der Waals surface area contributed by atoms with Crippen LogP contribution in [0.3, 0.4) is 0 Å². The molecule has 3 aromatic rings. The minimum atomic E-state index is -0.636. The Kier molecular flexibility index (Phi) is 6.49. The molecule has 0 aliphatic rings. The van der Waals surface area contributed by atoms with Crippen LogP contribution in [0.5, 0.6) is 0 Å². The van der Waals surface area contributed by atoms with Crippen molar-refractivity contribution in [1.29, 1.82) is 5.26 Å². The molecule has 0 aliphatic carbocycles. The first-order valence-electron chi connectivity index (χ1n) is 9.20. The summed E-state index contributed by atoms with van der Waals surface area (Å²) in [6, 6.07) is 5.58. The highest BCUT2D eigenvalue weighted by molar-refractivity contribution is 14.1. The number of benzene rings is 1. The van der Waals surface area contributed by atoms with Crippen LogP contribution in [0.15, 0.2) is 12.1 Å². The van der Waals surface area contributed by atoms with Crippen LogP contribution >= 0.6 is 22.6 Å². The van der Waals surface area contributed by atoms with E-state index in [9.17, 15) is 14.4 Å². The van der Waals surface area contributed by atoms with E-state index < -0.39 is 11.7 Å². The smallest absolute Gasteiger partial charge is 0.279 e. The molecule has 8 nitrogen and oxygen atoms in total. The van der Waals surface area contributed by atoms with Crippen molar-refractivity contribution in [3.8, 4) is 6.07 Å². The summed E-state index contributed by atoms with van der Waals surface area (Å²) in [7, 11) is 1.87. The van der Waals surface area contributed by atoms with Crippen LogP contribution in [0.25, 0.3) is 11.0 Å². The van der Waals surface area contributed by atoms with Crippen molar-refractivity contribution in [3.63, 3.8) is 0 Å². The van der Waals surface area contributed by atoms with Gasteiger partial charge in [-0.15, -0.1) is 0 Å². The normalized spacial score (nSPS) is 11.0. The first-order chi connectivity index (χ1) is 13.9. The molecule has 0 unspecified atom stereocenters. The quantitative estimate of drug-likeness (QED) is 0.377. The predicted molar refractivity (Wildman–Crippen MR) is 116 cm³/mol. The Balaban J connectivity index is 2.06. The molecule has 0 fully saturated rings. The monoisotopic (exact) mass is 509 g/mol. The maximum Gasteiger partial charge on any atom is 0.279 e. The second-order valence-corrected chi connectivity index (χ2v) is 7.66. The van der Waals surface area contributed by atoms with Crippen molar-refractivity contribution in [1.82, 2.24) is 24.6 Å². The summed E-state index contributed by atoms with van der Waals surface area (Å²) in [6.07, 6.45) is 0.807. The Hall–Kier alpha value is -2.52. The molecule has 0 atom stereocenters. The van der Waals surface area contributed by atoms with Gasteiger partial charge >= 0.3 is 0 Å².